The highest BCUT2D eigenvalue weighted by molar-refractivity contribution is 6.15. The molecule has 0 saturated heterocycles. The Hall–Kier alpha value is -3.68. The van der Waals surface area contributed by atoms with Crippen molar-refractivity contribution < 1.29 is 38.0 Å². The number of allylic oxidation sites excluding steroid dienone is 1. The molecule has 0 atom stereocenters. The zero-order valence-corrected chi connectivity index (χ0v) is 18.9. The van der Waals surface area contributed by atoms with Crippen LogP contribution in [0.15, 0.2) is 30.0 Å². The molecule has 0 amide bonds. The van der Waals surface area contributed by atoms with E-state index in [0.717, 1.165) is 0 Å². The number of fused-ring (bicyclic) bond motifs is 1. The third-order valence-electron chi connectivity index (χ3n) is 4.77. The Kier molecular flexibility index (Phi) is 6.92. The molecule has 3 rings (SSSR count). The van der Waals surface area contributed by atoms with Gasteiger partial charge in [0.25, 0.3) is 0 Å². The number of hydrogen-bond donors (Lipinski definition) is 0. The first-order valence-corrected chi connectivity index (χ1v) is 9.99. The van der Waals surface area contributed by atoms with Gasteiger partial charge in [0.2, 0.25) is 11.5 Å². The largest absolute Gasteiger partial charge is 0.493 e. The lowest BCUT2D eigenvalue weighted by atomic mass is 10.1. The van der Waals surface area contributed by atoms with Crippen LogP contribution in [0, 0.1) is 6.92 Å². The Morgan fingerprint density at radius 3 is 2.31 bits per heavy atom. The van der Waals surface area contributed by atoms with E-state index in [4.69, 9.17) is 28.4 Å². The van der Waals surface area contributed by atoms with Gasteiger partial charge in [-0.25, -0.2) is 4.79 Å². The van der Waals surface area contributed by atoms with E-state index in [0.29, 0.717) is 45.4 Å². The van der Waals surface area contributed by atoms with Crippen LogP contribution in [0.4, 0.5) is 0 Å². The quantitative estimate of drug-likeness (QED) is 0.448. The van der Waals surface area contributed by atoms with Crippen molar-refractivity contribution in [2.45, 2.75) is 26.9 Å². The molecule has 2 aromatic rings. The number of ether oxygens (including phenoxy) is 6. The van der Waals surface area contributed by atoms with Crippen LogP contribution >= 0.6 is 0 Å². The molecular formula is C24H26O8. The van der Waals surface area contributed by atoms with Crippen molar-refractivity contribution in [2.24, 2.45) is 0 Å². The van der Waals surface area contributed by atoms with Crippen molar-refractivity contribution in [2.75, 3.05) is 27.9 Å². The highest BCUT2D eigenvalue weighted by Gasteiger charge is 2.31. The van der Waals surface area contributed by atoms with Crippen LogP contribution < -0.4 is 23.7 Å². The lowest BCUT2D eigenvalue weighted by Gasteiger charge is -2.14. The molecule has 0 aliphatic carbocycles. The van der Waals surface area contributed by atoms with Gasteiger partial charge in [-0.1, -0.05) is 0 Å². The van der Waals surface area contributed by atoms with Crippen molar-refractivity contribution in [1.82, 2.24) is 0 Å². The summed E-state index contributed by atoms with van der Waals surface area (Å²) in [5.41, 5.74) is 1.60. The van der Waals surface area contributed by atoms with Crippen molar-refractivity contribution in [3.05, 3.63) is 46.7 Å². The molecule has 0 unspecified atom stereocenters. The number of ketones is 1. The average molecular weight is 442 g/mol. The first kappa shape index (κ1) is 23.0. The van der Waals surface area contributed by atoms with Gasteiger partial charge < -0.3 is 28.4 Å². The molecule has 0 radical (unpaired) electrons. The van der Waals surface area contributed by atoms with E-state index < -0.39 is 5.97 Å². The van der Waals surface area contributed by atoms with E-state index in [9.17, 15) is 9.59 Å². The molecule has 8 heteroatoms. The molecule has 0 N–H and O–H groups in total. The van der Waals surface area contributed by atoms with Crippen LogP contribution in [0.25, 0.3) is 6.08 Å². The zero-order chi connectivity index (χ0) is 23.4. The van der Waals surface area contributed by atoms with E-state index >= 15 is 0 Å². The standard InChI is InChI=1S/C24H26O8/c1-13(2)31-20(25)12-30-17-10-8-16-21(26)19(32-22(16)14(17)3)11-15-7-9-18(27-4)24(29-6)23(15)28-5/h7-11,13H,12H2,1-6H3/b19-11-. The maximum absolute atomic E-state index is 12.9. The lowest BCUT2D eigenvalue weighted by molar-refractivity contribution is -0.149. The molecule has 0 saturated carbocycles. The minimum absolute atomic E-state index is 0.130. The summed E-state index contributed by atoms with van der Waals surface area (Å²) >= 11 is 0. The average Bonchev–Trinajstić information content (AvgIpc) is 3.08. The van der Waals surface area contributed by atoms with Crippen LogP contribution in [0.5, 0.6) is 28.7 Å². The fourth-order valence-electron chi connectivity index (χ4n) is 3.34. The second-order valence-corrected chi connectivity index (χ2v) is 7.26. The van der Waals surface area contributed by atoms with Gasteiger partial charge in [-0.2, -0.15) is 0 Å². The van der Waals surface area contributed by atoms with Gasteiger partial charge in [-0.15, -0.1) is 0 Å². The van der Waals surface area contributed by atoms with Crippen molar-refractivity contribution in [3.63, 3.8) is 0 Å². The van der Waals surface area contributed by atoms with E-state index in [2.05, 4.69) is 0 Å². The Morgan fingerprint density at radius 1 is 1.00 bits per heavy atom. The Bertz CT molecular complexity index is 1070. The Labute approximate surface area is 186 Å². The van der Waals surface area contributed by atoms with Gasteiger partial charge in [-0.05, 0) is 51.1 Å². The monoisotopic (exact) mass is 442 g/mol. The van der Waals surface area contributed by atoms with Gasteiger partial charge in [0, 0.05) is 11.1 Å². The normalized spacial score (nSPS) is 13.6. The van der Waals surface area contributed by atoms with Gasteiger partial charge in [-0.3, -0.25) is 4.79 Å². The number of carbonyl (C=O) groups excluding carboxylic acids is 2. The second-order valence-electron chi connectivity index (χ2n) is 7.26. The maximum atomic E-state index is 12.9. The molecule has 1 aliphatic rings. The summed E-state index contributed by atoms with van der Waals surface area (Å²) in [5, 5.41) is 0. The van der Waals surface area contributed by atoms with Crippen LogP contribution in [0.3, 0.4) is 0 Å². The third-order valence-corrected chi connectivity index (χ3v) is 4.77. The molecule has 0 aromatic heterocycles. The number of esters is 1. The van der Waals surface area contributed by atoms with E-state index in [1.54, 1.807) is 51.1 Å². The predicted molar refractivity (Wildman–Crippen MR) is 117 cm³/mol. The summed E-state index contributed by atoms with van der Waals surface area (Å²) in [5.74, 6) is 1.53. The molecule has 0 fully saturated rings. The number of methoxy groups -OCH3 is 3. The van der Waals surface area contributed by atoms with Crippen molar-refractivity contribution >= 4 is 17.8 Å². The minimum Gasteiger partial charge on any atom is -0.493 e. The molecule has 2 aromatic carbocycles. The number of carbonyl (C=O) groups is 2. The molecule has 170 valence electrons. The summed E-state index contributed by atoms with van der Waals surface area (Å²) in [6.07, 6.45) is 1.36. The topological polar surface area (TPSA) is 89.5 Å². The molecular weight excluding hydrogens is 416 g/mol. The van der Waals surface area contributed by atoms with Crippen LogP contribution in [-0.4, -0.2) is 45.8 Å². The first-order chi connectivity index (χ1) is 15.3. The van der Waals surface area contributed by atoms with Crippen molar-refractivity contribution in [1.29, 1.82) is 0 Å². The summed E-state index contributed by atoms with van der Waals surface area (Å²) in [7, 11) is 4.54. The minimum atomic E-state index is -0.474. The first-order valence-electron chi connectivity index (χ1n) is 9.99. The number of rotatable bonds is 8. The SMILES string of the molecule is COc1ccc(/C=C2\Oc3c(ccc(OCC(=O)OC(C)C)c3C)C2=O)c(OC)c1OC. The van der Waals surface area contributed by atoms with Crippen LogP contribution in [0.2, 0.25) is 0 Å². The fraction of sp³-hybridized carbons (Fsp3) is 0.333. The zero-order valence-electron chi connectivity index (χ0n) is 18.9. The van der Waals surface area contributed by atoms with Gasteiger partial charge in [0.15, 0.2) is 23.9 Å². The van der Waals surface area contributed by atoms with Crippen LogP contribution in [0.1, 0.15) is 35.3 Å². The van der Waals surface area contributed by atoms with E-state index in [1.807, 2.05) is 0 Å². The van der Waals surface area contributed by atoms with Gasteiger partial charge >= 0.3 is 5.97 Å². The number of hydrogen-bond acceptors (Lipinski definition) is 8. The molecule has 1 heterocycles. The predicted octanol–water partition coefficient (Wildman–Crippen LogP) is 3.97. The highest BCUT2D eigenvalue weighted by Crippen LogP contribution is 2.43. The highest BCUT2D eigenvalue weighted by atomic mass is 16.6. The summed E-state index contributed by atoms with van der Waals surface area (Å²) in [6.45, 7) is 5.05. The van der Waals surface area contributed by atoms with Gasteiger partial charge in [0.05, 0.1) is 33.0 Å². The number of benzene rings is 2. The number of Topliss-reactive ketones (excluding diaryl/α,β-unsaturated/α-hetero) is 1. The molecule has 1 aliphatic heterocycles. The third kappa shape index (κ3) is 4.49. The fourth-order valence-corrected chi connectivity index (χ4v) is 3.34. The molecule has 8 nitrogen and oxygen atoms in total. The summed E-state index contributed by atoms with van der Waals surface area (Å²) in [6, 6.07) is 6.71. The lowest BCUT2D eigenvalue weighted by Crippen LogP contribution is -2.19. The Balaban J connectivity index is 1.89. The van der Waals surface area contributed by atoms with E-state index in [1.165, 1.54) is 21.3 Å². The molecule has 0 spiro atoms. The summed E-state index contributed by atoms with van der Waals surface area (Å²) < 4.78 is 32.7. The molecule has 0 bridgehead atoms. The smallest absolute Gasteiger partial charge is 0.344 e. The van der Waals surface area contributed by atoms with Crippen LogP contribution in [-0.2, 0) is 9.53 Å². The Morgan fingerprint density at radius 2 is 1.69 bits per heavy atom. The second kappa shape index (κ2) is 9.64. The van der Waals surface area contributed by atoms with Crippen molar-refractivity contribution in [3.8, 4) is 28.7 Å². The summed E-state index contributed by atoms with van der Waals surface area (Å²) in [4.78, 5) is 24.7. The molecule has 32 heavy (non-hydrogen) atoms. The van der Waals surface area contributed by atoms with Gasteiger partial charge in [0.1, 0.15) is 11.5 Å². The van der Waals surface area contributed by atoms with E-state index in [-0.39, 0.29) is 24.3 Å². The maximum Gasteiger partial charge on any atom is 0.344 e.